The summed E-state index contributed by atoms with van der Waals surface area (Å²) < 4.78 is 7.56. The highest BCUT2D eigenvalue weighted by molar-refractivity contribution is 9.11. The molecule has 1 N–H and O–H groups in total. The largest absolute Gasteiger partial charge is 0.495 e. The van der Waals surface area contributed by atoms with E-state index in [-0.39, 0.29) is 0 Å². The van der Waals surface area contributed by atoms with Gasteiger partial charge in [-0.3, -0.25) is 4.90 Å². The van der Waals surface area contributed by atoms with E-state index in [1.807, 2.05) is 6.07 Å². The molecule has 1 aromatic carbocycles. The van der Waals surface area contributed by atoms with Gasteiger partial charge in [-0.2, -0.15) is 0 Å². The lowest BCUT2D eigenvalue weighted by Gasteiger charge is -2.32. The van der Waals surface area contributed by atoms with E-state index >= 15 is 0 Å². The first-order valence-corrected chi connectivity index (χ1v) is 7.66. The molecule has 1 heterocycles. The van der Waals surface area contributed by atoms with Crippen molar-refractivity contribution in [2.75, 3.05) is 26.7 Å². The van der Waals surface area contributed by atoms with Crippen LogP contribution < -0.4 is 10.1 Å². The van der Waals surface area contributed by atoms with E-state index in [1.54, 1.807) is 7.11 Å². The summed E-state index contributed by atoms with van der Waals surface area (Å²) in [5.74, 6) is 0.935. The van der Waals surface area contributed by atoms with Gasteiger partial charge in [0.25, 0.3) is 0 Å². The Morgan fingerprint density at radius 1 is 1.44 bits per heavy atom. The minimum Gasteiger partial charge on any atom is -0.495 e. The fraction of sp³-hybridized carbons (Fsp3) is 0.538. The van der Waals surface area contributed by atoms with Gasteiger partial charge in [0, 0.05) is 42.3 Å². The van der Waals surface area contributed by atoms with E-state index in [1.165, 1.54) is 5.56 Å². The third-order valence-electron chi connectivity index (χ3n) is 3.14. The number of hydrogen-bond donors (Lipinski definition) is 1. The molecule has 0 radical (unpaired) electrons. The van der Waals surface area contributed by atoms with Crippen molar-refractivity contribution in [2.45, 2.75) is 19.5 Å². The van der Waals surface area contributed by atoms with Gasteiger partial charge in [0.1, 0.15) is 5.75 Å². The topological polar surface area (TPSA) is 24.5 Å². The fourth-order valence-electron chi connectivity index (χ4n) is 2.36. The molecular formula is C13H18Br2N2O. The van der Waals surface area contributed by atoms with Crippen LogP contribution in [0.4, 0.5) is 0 Å². The molecular weight excluding hydrogens is 360 g/mol. The summed E-state index contributed by atoms with van der Waals surface area (Å²) in [5.41, 5.74) is 1.22. The van der Waals surface area contributed by atoms with Gasteiger partial charge in [0.05, 0.1) is 11.6 Å². The Morgan fingerprint density at radius 2 is 2.22 bits per heavy atom. The van der Waals surface area contributed by atoms with Crippen molar-refractivity contribution < 1.29 is 4.74 Å². The molecule has 0 aromatic heterocycles. The molecule has 3 nitrogen and oxygen atoms in total. The van der Waals surface area contributed by atoms with Crippen LogP contribution in [-0.4, -0.2) is 37.7 Å². The Kier molecular flexibility index (Phi) is 5.06. The van der Waals surface area contributed by atoms with Crippen LogP contribution in [0.3, 0.4) is 0 Å². The van der Waals surface area contributed by atoms with Crippen LogP contribution in [0, 0.1) is 0 Å². The number of nitrogens with zero attached hydrogens (tertiary/aromatic N) is 1. The number of halogens is 2. The zero-order valence-corrected chi connectivity index (χ0v) is 13.8. The van der Waals surface area contributed by atoms with E-state index in [9.17, 15) is 0 Å². The molecule has 1 atom stereocenters. The number of methoxy groups -OCH3 is 1. The lowest BCUT2D eigenvalue weighted by atomic mass is 10.1. The van der Waals surface area contributed by atoms with Crippen molar-refractivity contribution in [2.24, 2.45) is 0 Å². The minimum absolute atomic E-state index is 0.556. The number of hydrogen-bond acceptors (Lipinski definition) is 3. The van der Waals surface area contributed by atoms with Gasteiger partial charge in [-0.15, -0.1) is 0 Å². The summed E-state index contributed by atoms with van der Waals surface area (Å²) in [6.45, 7) is 6.36. The predicted octanol–water partition coefficient (Wildman–Crippen LogP) is 3.01. The monoisotopic (exact) mass is 376 g/mol. The lowest BCUT2D eigenvalue weighted by molar-refractivity contribution is 0.197. The molecule has 1 aromatic rings. The van der Waals surface area contributed by atoms with Crippen molar-refractivity contribution in [3.8, 4) is 5.75 Å². The Morgan fingerprint density at radius 3 is 2.89 bits per heavy atom. The summed E-state index contributed by atoms with van der Waals surface area (Å²) in [5, 5.41) is 3.46. The van der Waals surface area contributed by atoms with Crippen LogP contribution in [0.5, 0.6) is 5.75 Å². The van der Waals surface area contributed by atoms with Crippen LogP contribution in [0.2, 0.25) is 0 Å². The van der Waals surface area contributed by atoms with Crippen LogP contribution in [-0.2, 0) is 6.54 Å². The third-order valence-corrected chi connectivity index (χ3v) is 4.18. The standard InChI is InChI=1S/C13H18Br2N2O/c1-9-7-17(4-3-16-9)8-10-5-11(14)6-12(15)13(10)18-2/h5-6,9,16H,3-4,7-8H2,1-2H3/t9-/m0/s1. The van der Waals surface area contributed by atoms with Gasteiger partial charge in [0.15, 0.2) is 0 Å². The maximum atomic E-state index is 5.49. The molecule has 1 fully saturated rings. The van der Waals surface area contributed by atoms with Gasteiger partial charge in [-0.1, -0.05) is 15.9 Å². The highest BCUT2D eigenvalue weighted by atomic mass is 79.9. The Balaban J connectivity index is 2.17. The predicted molar refractivity (Wildman–Crippen MR) is 81.1 cm³/mol. The first-order valence-electron chi connectivity index (χ1n) is 6.08. The summed E-state index contributed by atoms with van der Waals surface area (Å²) in [7, 11) is 1.72. The van der Waals surface area contributed by atoms with Crippen LogP contribution in [0.15, 0.2) is 21.1 Å². The number of nitrogens with one attached hydrogen (secondary N) is 1. The summed E-state index contributed by atoms with van der Waals surface area (Å²) in [6, 6.07) is 4.71. The first kappa shape index (κ1) is 14.3. The maximum absolute atomic E-state index is 5.49. The summed E-state index contributed by atoms with van der Waals surface area (Å²) in [6.07, 6.45) is 0. The Bertz CT molecular complexity index is 426. The lowest BCUT2D eigenvalue weighted by Crippen LogP contribution is -2.48. The second-order valence-electron chi connectivity index (χ2n) is 4.67. The van der Waals surface area contributed by atoms with Gasteiger partial charge in [0.2, 0.25) is 0 Å². The van der Waals surface area contributed by atoms with Crippen molar-refractivity contribution >= 4 is 31.9 Å². The molecule has 0 saturated carbocycles. The molecule has 18 heavy (non-hydrogen) atoms. The van der Waals surface area contributed by atoms with Crippen LogP contribution in [0.25, 0.3) is 0 Å². The number of piperazine rings is 1. The molecule has 1 saturated heterocycles. The van der Waals surface area contributed by atoms with E-state index in [4.69, 9.17) is 4.74 Å². The zero-order chi connectivity index (χ0) is 13.1. The van der Waals surface area contributed by atoms with E-state index in [0.717, 1.165) is 40.9 Å². The number of ether oxygens (including phenoxy) is 1. The summed E-state index contributed by atoms with van der Waals surface area (Å²) in [4.78, 5) is 2.46. The smallest absolute Gasteiger partial charge is 0.137 e. The Hall–Kier alpha value is -0.100. The molecule has 0 bridgehead atoms. The maximum Gasteiger partial charge on any atom is 0.137 e. The van der Waals surface area contributed by atoms with E-state index < -0.39 is 0 Å². The molecule has 2 rings (SSSR count). The van der Waals surface area contributed by atoms with Crippen molar-refractivity contribution in [3.05, 3.63) is 26.6 Å². The molecule has 1 aliphatic rings. The quantitative estimate of drug-likeness (QED) is 0.876. The number of benzene rings is 1. The molecule has 1 aliphatic heterocycles. The van der Waals surface area contributed by atoms with Gasteiger partial charge >= 0.3 is 0 Å². The fourth-order valence-corrected chi connectivity index (χ4v) is 3.83. The van der Waals surface area contributed by atoms with E-state index in [0.29, 0.717) is 6.04 Å². The second-order valence-corrected chi connectivity index (χ2v) is 6.44. The van der Waals surface area contributed by atoms with Gasteiger partial charge in [-0.05, 0) is 35.0 Å². The summed E-state index contributed by atoms with van der Waals surface area (Å²) >= 11 is 7.09. The average molecular weight is 378 g/mol. The first-order chi connectivity index (χ1) is 8.60. The average Bonchev–Trinajstić information content (AvgIpc) is 2.28. The van der Waals surface area contributed by atoms with Crippen molar-refractivity contribution in [3.63, 3.8) is 0 Å². The highest BCUT2D eigenvalue weighted by Crippen LogP contribution is 2.33. The minimum atomic E-state index is 0.556. The second kappa shape index (κ2) is 6.37. The normalized spacial score (nSPS) is 21.0. The highest BCUT2D eigenvalue weighted by Gasteiger charge is 2.18. The molecule has 0 unspecified atom stereocenters. The van der Waals surface area contributed by atoms with Crippen LogP contribution in [0.1, 0.15) is 12.5 Å². The van der Waals surface area contributed by atoms with E-state index in [2.05, 4.69) is 55.1 Å². The van der Waals surface area contributed by atoms with Crippen LogP contribution >= 0.6 is 31.9 Å². The molecule has 100 valence electrons. The third kappa shape index (κ3) is 3.47. The zero-order valence-electron chi connectivity index (χ0n) is 10.7. The molecule has 5 heteroatoms. The molecule has 0 amide bonds. The molecule has 0 aliphatic carbocycles. The van der Waals surface area contributed by atoms with Gasteiger partial charge < -0.3 is 10.1 Å². The van der Waals surface area contributed by atoms with Crippen molar-refractivity contribution in [1.29, 1.82) is 0 Å². The van der Waals surface area contributed by atoms with Gasteiger partial charge in [-0.25, -0.2) is 0 Å². The molecule has 0 spiro atoms. The van der Waals surface area contributed by atoms with Crippen molar-refractivity contribution in [1.82, 2.24) is 10.2 Å². The SMILES string of the molecule is COc1c(Br)cc(Br)cc1CN1CCN[C@@H](C)C1. The number of rotatable bonds is 3. The Labute approximate surface area is 125 Å².